The van der Waals surface area contributed by atoms with Crippen LogP contribution < -0.4 is 10.6 Å². The van der Waals surface area contributed by atoms with Crippen molar-refractivity contribution in [2.45, 2.75) is 51.7 Å². The number of rotatable bonds is 2. The Morgan fingerprint density at radius 1 is 1.19 bits per heavy atom. The highest BCUT2D eigenvalue weighted by atomic mass is 16.6. The minimum Gasteiger partial charge on any atom is -0.444 e. The van der Waals surface area contributed by atoms with Gasteiger partial charge < -0.3 is 20.3 Å². The molecule has 6 heteroatoms. The maximum absolute atomic E-state index is 12.4. The Bertz CT molecular complexity index is 386. The van der Waals surface area contributed by atoms with E-state index < -0.39 is 6.09 Å². The summed E-state index contributed by atoms with van der Waals surface area (Å²) in [6, 6.07) is 0. The molecule has 0 unspecified atom stereocenters. The molecule has 0 radical (unpaired) electrons. The smallest absolute Gasteiger partial charge is 0.407 e. The normalized spacial score (nSPS) is 24.0. The molecule has 0 spiro atoms. The number of nitrogens with zero attached hydrogens (tertiary/aromatic N) is 1. The van der Waals surface area contributed by atoms with Crippen molar-refractivity contribution in [3.63, 3.8) is 0 Å². The van der Waals surface area contributed by atoms with E-state index in [0.717, 1.165) is 32.4 Å². The molecule has 1 atom stereocenters. The van der Waals surface area contributed by atoms with Gasteiger partial charge in [-0.3, -0.25) is 4.79 Å². The van der Waals surface area contributed by atoms with Crippen molar-refractivity contribution in [2.75, 3.05) is 26.2 Å². The van der Waals surface area contributed by atoms with Crippen molar-refractivity contribution in [3.05, 3.63) is 0 Å². The molecule has 2 heterocycles. The van der Waals surface area contributed by atoms with Crippen molar-refractivity contribution < 1.29 is 14.3 Å². The summed E-state index contributed by atoms with van der Waals surface area (Å²) in [5, 5.41) is 6.05. The number of likely N-dealkylation sites (tertiary alicyclic amines) is 1. The minimum atomic E-state index is -0.399. The molecule has 2 rings (SSSR count). The van der Waals surface area contributed by atoms with Crippen LogP contribution in [0.1, 0.15) is 40.0 Å². The molecule has 2 aliphatic heterocycles. The molecule has 2 N–H and O–H groups in total. The number of hydrogen-bond acceptors (Lipinski definition) is 4. The first-order chi connectivity index (χ1) is 9.85. The first-order valence-electron chi connectivity index (χ1n) is 7.83. The molecule has 120 valence electrons. The van der Waals surface area contributed by atoms with Crippen LogP contribution in [-0.4, -0.2) is 54.7 Å². The molecular formula is C15H27N3O3. The summed E-state index contributed by atoms with van der Waals surface area (Å²) < 4.78 is 5.40. The van der Waals surface area contributed by atoms with E-state index in [1.54, 1.807) is 0 Å². The Morgan fingerprint density at radius 2 is 1.86 bits per heavy atom. The highest BCUT2D eigenvalue weighted by Crippen LogP contribution is 2.20. The molecule has 6 nitrogen and oxygen atoms in total. The second kappa shape index (κ2) is 6.64. The summed E-state index contributed by atoms with van der Waals surface area (Å²) in [4.78, 5) is 26.0. The first-order valence-corrected chi connectivity index (χ1v) is 7.83. The number of carbonyl (C=O) groups excluding carboxylic acids is 2. The zero-order valence-electron chi connectivity index (χ0n) is 13.3. The molecule has 0 aliphatic carbocycles. The van der Waals surface area contributed by atoms with Crippen LogP contribution in [-0.2, 0) is 9.53 Å². The van der Waals surface area contributed by atoms with E-state index in [4.69, 9.17) is 4.74 Å². The van der Waals surface area contributed by atoms with Gasteiger partial charge in [-0.2, -0.15) is 0 Å². The summed E-state index contributed by atoms with van der Waals surface area (Å²) >= 11 is 0. The third-order valence-corrected chi connectivity index (χ3v) is 3.90. The average molecular weight is 297 g/mol. The number of carbonyl (C=O) groups is 2. The van der Waals surface area contributed by atoms with Crippen molar-refractivity contribution in [2.24, 2.45) is 5.92 Å². The molecule has 2 saturated heterocycles. The molecule has 0 aromatic rings. The van der Waals surface area contributed by atoms with Gasteiger partial charge in [-0.1, -0.05) is 0 Å². The van der Waals surface area contributed by atoms with Crippen molar-refractivity contribution in [1.29, 1.82) is 0 Å². The molecule has 0 aromatic carbocycles. The summed E-state index contributed by atoms with van der Waals surface area (Å²) in [6.45, 7) is 8.79. The predicted molar refractivity (Wildman–Crippen MR) is 79.9 cm³/mol. The van der Waals surface area contributed by atoms with Crippen molar-refractivity contribution in [3.8, 4) is 0 Å². The minimum absolute atomic E-state index is 0.133. The van der Waals surface area contributed by atoms with Crippen molar-refractivity contribution >= 4 is 12.0 Å². The van der Waals surface area contributed by atoms with E-state index >= 15 is 0 Å². The molecule has 0 bridgehead atoms. The number of ether oxygens (including phenoxy) is 1. The van der Waals surface area contributed by atoms with Crippen LogP contribution >= 0.6 is 0 Å². The van der Waals surface area contributed by atoms with Gasteiger partial charge in [0, 0.05) is 24.4 Å². The maximum atomic E-state index is 12.4. The lowest BCUT2D eigenvalue weighted by Crippen LogP contribution is -2.43. The lowest BCUT2D eigenvalue weighted by molar-refractivity contribution is -0.135. The fourth-order valence-corrected chi connectivity index (χ4v) is 2.84. The number of amides is 2. The average Bonchev–Trinajstić information content (AvgIpc) is 2.85. The van der Waals surface area contributed by atoms with Crippen LogP contribution in [0.25, 0.3) is 0 Å². The molecular weight excluding hydrogens is 270 g/mol. The SMILES string of the molecule is CC(C)(C)NC(=O)O[C@H]1CCN(C(=O)C2CCNCC2)C1. The quantitative estimate of drug-likeness (QED) is 0.801. The van der Waals surface area contributed by atoms with Gasteiger partial charge in [0.1, 0.15) is 6.10 Å². The second-order valence-corrected chi connectivity index (χ2v) is 7.00. The number of piperidine rings is 1. The van der Waals surface area contributed by atoms with E-state index in [2.05, 4.69) is 10.6 Å². The van der Waals surface area contributed by atoms with Crippen LogP contribution in [0.15, 0.2) is 0 Å². The maximum Gasteiger partial charge on any atom is 0.407 e. The summed E-state index contributed by atoms with van der Waals surface area (Å²) in [6.07, 6.45) is 1.96. The Balaban J connectivity index is 1.77. The first kappa shape index (κ1) is 16.1. The summed E-state index contributed by atoms with van der Waals surface area (Å²) in [7, 11) is 0. The Kier molecular flexibility index (Phi) is 5.08. The number of alkyl carbamates (subject to hydrolysis) is 1. The lowest BCUT2D eigenvalue weighted by Gasteiger charge is -2.26. The van der Waals surface area contributed by atoms with Gasteiger partial charge in [-0.25, -0.2) is 4.79 Å². The van der Waals surface area contributed by atoms with E-state index in [9.17, 15) is 9.59 Å². The summed E-state index contributed by atoms with van der Waals surface area (Å²) in [5.74, 6) is 0.354. The molecule has 2 fully saturated rings. The molecule has 2 amide bonds. The fourth-order valence-electron chi connectivity index (χ4n) is 2.84. The van der Waals surface area contributed by atoms with Gasteiger partial charge in [0.05, 0.1) is 6.54 Å². The van der Waals surface area contributed by atoms with Crippen LogP contribution in [0.3, 0.4) is 0 Å². The van der Waals surface area contributed by atoms with Gasteiger partial charge in [0.2, 0.25) is 5.91 Å². The summed E-state index contributed by atoms with van der Waals surface area (Å²) in [5.41, 5.74) is -0.305. The van der Waals surface area contributed by atoms with Gasteiger partial charge in [0.15, 0.2) is 0 Å². The fraction of sp³-hybridized carbons (Fsp3) is 0.867. The van der Waals surface area contributed by atoms with E-state index in [-0.39, 0.29) is 23.5 Å². The zero-order valence-corrected chi connectivity index (χ0v) is 13.3. The highest BCUT2D eigenvalue weighted by molar-refractivity contribution is 5.79. The van der Waals surface area contributed by atoms with Gasteiger partial charge in [-0.15, -0.1) is 0 Å². The Morgan fingerprint density at radius 3 is 2.48 bits per heavy atom. The number of hydrogen-bond donors (Lipinski definition) is 2. The van der Waals surface area contributed by atoms with Crippen LogP contribution in [0.4, 0.5) is 4.79 Å². The van der Waals surface area contributed by atoms with E-state index in [0.29, 0.717) is 13.1 Å². The monoisotopic (exact) mass is 297 g/mol. The Labute approximate surface area is 126 Å². The predicted octanol–water partition coefficient (Wildman–Crippen LogP) is 1.11. The van der Waals surface area contributed by atoms with Crippen LogP contribution in [0.2, 0.25) is 0 Å². The Hall–Kier alpha value is -1.30. The third-order valence-electron chi connectivity index (χ3n) is 3.90. The lowest BCUT2D eigenvalue weighted by atomic mass is 9.97. The highest BCUT2D eigenvalue weighted by Gasteiger charge is 2.33. The van der Waals surface area contributed by atoms with Gasteiger partial charge >= 0.3 is 6.09 Å². The zero-order chi connectivity index (χ0) is 15.5. The van der Waals surface area contributed by atoms with Crippen molar-refractivity contribution in [1.82, 2.24) is 15.5 Å². The molecule has 0 saturated carbocycles. The molecule has 0 aromatic heterocycles. The molecule has 2 aliphatic rings. The van der Waals surface area contributed by atoms with Gasteiger partial charge in [-0.05, 0) is 46.7 Å². The van der Waals surface area contributed by atoms with E-state index in [1.165, 1.54) is 0 Å². The van der Waals surface area contributed by atoms with Gasteiger partial charge in [0.25, 0.3) is 0 Å². The van der Waals surface area contributed by atoms with Crippen LogP contribution in [0, 0.1) is 5.92 Å². The largest absolute Gasteiger partial charge is 0.444 e. The standard InChI is InChI=1S/C15H27N3O3/c1-15(2,3)17-14(20)21-12-6-9-18(10-12)13(19)11-4-7-16-8-5-11/h11-12,16H,4-10H2,1-3H3,(H,17,20)/t12-/m0/s1. The van der Waals surface area contributed by atoms with Crippen LogP contribution in [0.5, 0.6) is 0 Å². The molecule has 21 heavy (non-hydrogen) atoms. The third kappa shape index (κ3) is 4.88. The van der Waals surface area contributed by atoms with E-state index in [1.807, 2.05) is 25.7 Å². The second-order valence-electron chi connectivity index (χ2n) is 7.00. The number of nitrogens with one attached hydrogen (secondary N) is 2. The topological polar surface area (TPSA) is 70.7 Å².